The second-order valence-corrected chi connectivity index (χ2v) is 7.89. The second-order valence-electron chi connectivity index (χ2n) is 6.18. The number of nitrogens with zero attached hydrogens (tertiary/aromatic N) is 1. The lowest BCUT2D eigenvalue weighted by molar-refractivity contribution is -0.143. The Hall–Kier alpha value is -1.12. The molecule has 0 aliphatic carbocycles. The molecule has 4 nitrogen and oxygen atoms in total. The lowest BCUT2D eigenvalue weighted by atomic mass is 10.0. The molecular formula is C15H21F3N2O2S. The number of alkyl halides is 3. The summed E-state index contributed by atoms with van der Waals surface area (Å²) < 4.78 is 64.2. The third kappa shape index (κ3) is 5.19. The Kier molecular flexibility index (Phi) is 5.37. The molecule has 0 bridgehead atoms. The molecule has 0 amide bonds. The smallest absolute Gasteiger partial charge is 0.293 e. The van der Waals surface area contributed by atoms with Crippen molar-refractivity contribution in [3.63, 3.8) is 0 Å². The molecule has 1 heterocycles. The maximum atomic E-state index is 12.4. The van der Waals surface area contributed by atoms with Gasteiger partial charge in [0, 0.05) is 19.1 Å². The van der Waals surface area contributed by atoms with Crippen LogP contribution in [-0.4, -0.2) is 45.2 Å². The first kappa shape index (κ1) is 18.2. The van der Waals surface area contributed by atoms with E-state index < -0.39 is 28.8 Å². The van der Waals surface area contributed by atoms with Crippen LogP contribution >= 0.6 is 0 Å². The van der Waals surface area contributed by atoms with Crippen LogP contribution in [0.25, 0.3) is 0 Å². The number of hydrogen-bond donors (Lipinski definition) is 1. The monoisotopic (exact) mass is 350 g/mol. The van der Waals surface area contributed by atoms with Gasteiger partial charge in [-0.2, -0.15) is 13.2 Å². The number of nitrogens with one attached hydrogen (secondary N) is 1. The highest BCUT2D eigenvalue weighted by molar-refractivity contribution is 7.89. The van der Waals surface area contributed by atoms with Gasteiger partial charge >= 0.3 is 6.18 Å². The van der Waals surface area contributed by atoms with Crippen molar-refractivity contribution in [2.45, 2.75) is 43.3 Å². The molecule has 8 heteroatoms. The standard InChI is InChI=1S/C15H21F3N2O2S/c1-11(2)12-3-5-14(6-4-12)23(21,22)19-13-7-8-20(9-13)10-15(16,17)18/h3-6,11,13,19H,7-10H2,1-2H3. The first-order chi connectivity index (χ1) is 10.6. The predicted octanol–water partition coefficient (Wildman–Crippen LogP) is 2.72. The van der Waals surface area contributed by atoms with Gasteiger partial charge in [-0.25, -0.2) is 13.1 Å². The summed E-state index contributed by atoms with van der Waals surface area (Å²) >= 11 is 0. The Morgan fingerprint density at radius 3 is 2.39 bits per heavy atom. The van der Waals surface area contributed by atoms with Crippen molar-refractivity contribution in [3.8, 4) is 0 Å². The van der Waals surface area contributed by atoms with Crippen molar-refractivity contribution in [3.05, 3.63) is 29.8 Å². The second kappa shape index (κ2) is 6.78. The minimum Gasteiger partial charge on any atom is -0.293 e. The topological polar surface area (TPSA) is 49.4 Å². The molecule has 0 radical (unpaired) electrons. The third-order valence-electron chi connectivity index (χ3n) is 3.85. The van der Waals surface area contributed by atoms with Crippen molar-refractivity contribution < 1.29 is 21.6 Å². The molecule has 0 aromatic heterocycles. The van der Waals surface area contributed by atoms with Crippen LogP contribution in [0.2, 0.25) is 0 Å². The minimum absolute atomic E-state index is 0.0722. The van der Waals surface area contributed by atoms with E-state index in [4.69, 9.17) is 0 Å². The van der Waals surface area contributed by atoms with Gasteiger partial charge in [0.25, 0.3) is 0 Å². The SMILES string of the molecule is CC(C)c1ccc(S(=O)(=O)NC2CCN(CC(F)(F)F)C2)cc1. The number of rotatable bonds is 5. The summed E-state index contributed by atoms with van der Waals surface area (Å²) in [6.45, 7) is 3.32. The molecule has 0 spiro atoms. The number of hydrogen-bond acceptors (Lipinski definition) is 3. The Morgan fingerprint density at radius 1 is 1.26 bits per heavy atom. The minimum atomic E-state index is -4.26. The molecule has 1 aliphatic rings. The van der Waals surface area contributed by atoms with Gasteiger partial charge in [0.15, 0.2) is 0 Å². The van der Waals surface area contributed by atoms with E-state index in [1.165, 1.54) is 17.0 Å². The van der Waals surface area contributed by atoms with Gasteiger partial charge < -0.3 is 0 Å². The molecule has 1 aromatic carbocycles. The molecule has 1 saturated heterocycles. The summed E-state index contributed by atoms with van der Waals surface area (Å²) in [5.74, 6) is 0.297. The van der Waals surface area contributed by atoms with Crippen molar-refractivity contribution in [2.75, 3.05) is 19.6 Å². The predicted molar refractivity (Wildman–Crippen MR) is 81.8 cm³/mol. The van der Waals surface area contributed by atoms with Crippen LogP contribution in [0.4, 0.5) is 13.2 Å². The van der Waals surface area contributed by atoms with Crippen LogP contribution in [0.3, 0.4) is 0 Å². The molecule has 130 valence electrons. The van der Waals surface area contributed by atoms with Gasteiger partial charge in [-0.1, -0.05) is 26.0 Å². The van der Waals surface area contributed by atoms with Crippen LogP contribution < -0.4 is 4.72 Å². The molecule has 1 aliphatic heterocycles. The van der Waals surface area contributed by atoms with Gasteiger partial charge in [0.05, 0.1) is 11.4 Å². The van der Waals surface area contributed by atoms with E-state index in [2.05, 4.69) is 4.72 Å². The van der Waals surface area contributed by atoms with Crippen molar-refractivity contribution >= 4 is 10.0 Å². The molecule has 1 aromatic rings. The first-order valence-electron chi connectivity index (χ1n) is 7.48. The largest absolute Gasteiger partial charge is 0.401 e. The first-order valence-corrected chi connectivity index (χ1v) is 8.96. The highest BCUT2D eigenvalue weighted by Crippen LogP contribution is 2.22. The summed E-state index contributed by atoms with van der Waals surface area (Å²) in [7, 11) is -3.71. The molecule has 1 N–H and O–H groups in total. The van der Waals surface area contributed by atoms with Gasteiger partial charge in [0.2, 0.25) is 10.0 Å². The summed E-state index contributed by atoms with van der Waals surface area (Å²) in [4.78, 5) is 1.35. The summed E-state index contributed by atoms with van der Waals surface area (Å²) in [5.41, 5.74) is 1.03. The lowest BCUT2D eigenvalue weighted by Gasteiger charge is -2.18. The van der Waals surface area contributed by atoms with Crippen molar-refractivity contribution in [1.82, 2.24) is 9.62 Å². The van der Waals surface area contributed by atoms with Gasteiger partial charge in [-0.3, -0.25) is 4.90 Å². The summed E-state index contributed by atoms with van der Waals surface area (Å²) in [6, 6.07) is 6.07. The van der Waals surface area contributed by atoms with Crippen molar-refractivity contribution in [1.29, 1.82) is 0 Å². The summed E-state index contributed by atoms with van der Waals surface area (Å²) in [6.07, 6.45) is -3.89. The van der Waals surface area contributed by atoms with Gasteiger partial charge in [0.1, 0.15) is 0 Å². The zero-order valence-corrected chi connectivity index (χ0v) is 13.9. The number of sulfonamides is 1. The third-order valence-corrected chi connectivity index (χ3v) is 5.39. The van der Waals surface area contributed by atoms with Gasteiger partial charge in [-0.05, 0) is 30.0 Å². The number of halogens is 3. The number of benzene rings is 1. The Labute approximate surface area is 134 Å². The molecule has 2 rings (SSSR count). The van der Waals surface area contributed by atoms with Crippen LogP contribution in [0, 0.1) is 0 Å². The highest BCUT2D eigenvalue weighted by Gasteiger charge is 2.35. The zero-order valence-electron chi connectivity index (χ0n) is 13.1. The molecule has 23 heavy (non-hydrogen) atoms. The maximum Gasteiger partial charge on any atom is 0.401 e. The van der Waals surface area contributed by atoms with Crippen LogP contribution in [-0.2, 0) is 10.0 Å². The fourth-order valence-corrected chi connectivity index (χ4v) is 3.91. The Morgan fingerprint density at radius 2 is 1.87 bits per heavy atom. The van der Waals surface area contributed by atoms with Gasteiger partial charge in [-0.15, -0.1) is 0 Å². The molecular weight excluding hydrogens is 329 g/mol. The quantitative estimate of drug-likeness (QED) is 0.888. The van der Waals surface area contributed by atoms with E-state index in [1.54, 1.807) is 12.1 Å². The van der Waals surface area contributed by atoms with Crippen LogP contribution in [0.1, 0.15) is 31.7 Å². The average Bonchev–Trinajstić information content (AvgIpc) is 2.83. The molecule has 1 fully saturated rings. The molecule has 1 atom stereocenters. The number of likely N-dealkylation sites (tertiary alicyclic amines) is 1. The van der Waals surface area contributed by atoms with Crippen molar-refractivity contribution in [2.24, 2.45) is 0 Å². The van der Waals surface area contributed by atoms with E-state index in [-0.39, 0.29) is 18.0 Å². The van der Waals surface area contributed by atoms with E-state index in [0.717, 1.165) is 5.56 Å². The van der Waals surface area contributed by atoms with Crippen LogP contribution in [0.15, 0.2) is 29.2 Å². The van der Waals surface area contributed by atoms with E-state index in [1.807, 2.05) is 13.8 Å². The van der Waals surface area contributed by atoms with E-state index >= 15 is 0 Å². The Bertz CT molecular complexity index is 627. The van der Waals surface area contributed by atoms with E-state index in [0.29, 0.717) is 12.3 Å². The van der Waals surface area contributed by atoms with E-state index in [9.17, 15) is 21.6 Å². The fourth-order valence-electron chi connectivity index (χ4n) is 2.65. The molecule has 0 saturated carbocycles. The fraction of sp³-hybridized carbons (Fsp3) is 0.600. The lowest BCUT2D eigenvalue weighted by Crippen LogP contribution is -2.39. The highest BCUT2D eigenvalue weighted by atomic mass is 32.2. The summed E-state index contributed by atoms with van der Waals surface area (Å²) in [5, 5.41) is 0. The Balaban J connectivity index is 1.99. The maximum absolute atomic E-state index is 12.4. The zero-order chi connectivity index (χ0) is 17.3. The normalized spacial score (nSPS) is 20.3. The van der Waals surface area contributed by atoms with Crippen LogP contribution in [0.5, 0.6) is 0 Å². The average molecular weight is 350 g/mol. The molecule has 1 unspecified atom stereocenters.